The van der Waals surface area contributed by atoms with Crippen molar-refractivity contribution in [1.29, 1.82) is 0 Å². The largest absolute Gasteiger partial charge is 0.478 e. The third-order valence-electron chi connectivity index (χ3n) is 3.93. The highest BCUT2D eigenvalue weighted by molar-refractivity contribution is 14.1. The van der Waals surface area contributed by atoms with Crippen LogP contribution in [0, 0.1) is 9.49 Å². The van der Waals surface area contributed by atoms with Gasteiger partial charge in [-0.25, -0.2) is 17.9 Å². The van der Waals surface area contributed by atoms with Gasteiger partial charge in [-0.2, -0.15) is 0 Å². The highest BCUT2D eigenvalue weighted by Gasteiger charge is 2.26. The molecule has 0 bridgehead atoms. The molecule has 1 aromatic carbocycles. The fourth-order valence-corrected chi connectivity index (χ4v) is 4.61. The molecule has 0 aliphatic heterocycles. The molecule has 1 aromatic rings. The lowest BCUT2D eigenvalue weighted by atomic mass is 10.0. The zero-order valence-corrected chi connectivity index (χ0v) is 14.6. The van der Waals surface area contributed by atoms with Crippen molar-refractivity contribution in [3.63, 3.8) is 0 Å². The molecule has 21 heavy (non-hydrogen) atoms. The molecular formula is C14H18INO4S. The van der Waals surface area contributed by atoms with Gasteiger partial charge in [0.2, 0.25) is 10.0 Å². The molecule has 1 unspecified atom stereocenters. The van der Waals surface area contributed by atoms with Crippen molar-refractivity contribution in [2.75, 3.05) is 0 Å². The van der Waals surface area contributed by atoms with Crippen LogP contribution in [-0.4, -0.2) is 25.5 Å². The van der Waals surface area contributed by atoms with Gasteiger partial charge in [0.25, 0.3) is 0 Å². The van der Waals surface area contributed by atoms with Gasteiger partial charge < -0.3 is 5.11 Å². The number of aromatic carboxylic acids is 1. The lowest BCUT2D eigenvalue weighted by molar-refractivity contribution is 0.0695. The smallest absolute Gasteiger partial charge is 0.336 e. The molecule has 0 radical (unpaired) electrons. The Morgan fingerprint density at radius 3 is 2.57 bits per heavy atom. The van der Waals surface area contributed by atoms with E-state index < -0.39 is 16.0 Å². The molecular weight excluding hydrogens is 405 g/mol. The van der Waals surface area contributed by atoms with Gasteiger partial charge in [0.05, 0.1) is 10.5 Å². The Morgan fingerprint density at radius 1 is 1.38 bits per heavy atom. The fourth-order valence-electron chi connectivity index (χ4n) is 2.70. The van der Waals surface area contributed by atoms with Crippen molar-refractivity contribution >= 4 is 38.6 Å². The third kappa shape index (κ3) is 3.95. The standard InChI is InChI=1S/C14H18INO4S/c1-9(10-4-2-3-5-10)16-21(19,20)11-6-7-13(15)12(8-11)14(17)18/h6-10,16H,2-5H2,1H3,(H,17,18). The molecule has 1 aliphatic rings. The maximum Gasteiger partial charge on any atom is 0.336 e. The second-order valence-corrected chi connectivity index (χ2v) is 8.28. The van der Waals surface area contributed by atoms with E-state index in [0.29, 0.717) is 9.49 Å². The number of sulfonamides is 1. The van der Waals surface area contributed by atoms with Gasteiger partial charge in [0.1, 0.15) is 0 Å². The van der Waals surface area contributed by atoms with Crippen molar-refractivity contribution in [3.8, 4) is 0 Å². The fraction of sp³-hybridized carbons (Fsp3) is 0.500. The number of carboxylic acid groups (broad SMARTS) is 1. The highest BCUT2D eigenvalue weighted by Crippen LogP contribution is 2.28. The summed E-state index contributed by atoms with van der Waals surface area (Å²) in [6.07, 6.45) is 4.36. The molecule has 5 nitrogen and oxygen atoms in total. The Balaban J connectivity index is 2.23. The summed E-state index contributed by atoms with van der Waals surface area (Å²) in [5.41, 5.74) is 0.00648. The van der Waals surface area contributed by atoms with E-state index in [1.807, 2.05) is 29.5 Å². The Bertz CT molecular complexity index is 638. The molecule has 1 saturated carbocycles. The number of benzene rings is 1. The number of hydrogen-bond acceptors (Lipinski definition) is 3. The van der Waals surface area contributed by atoms with Crippen LogP contribution in [0.15, 0.2) is 23.1 Å². The molecule has 2 N–H and O–H groups in total. The van der Waals surface area contributed by atoms with E-state index in [9.17, 15) is 13.2 Å². The minimum absolute atomic E-state index is 0.00478. The van der Waals surface area contributed by atoms with E-state index in [4.69, 9.17) is 5.11 Å². The van der Waals surface area contributed by atoms with E-state index in [1.165, 1.54) is 18.2 Å². The molecule has 0 amide bonds. The van der Waals surface area contributed by atoms with Crippen LogP contribution in [0.4, 0.5) is 0 Å². The van der Waals surface area contributed by atoms with Gasteiger partial charge >= 0.3 is 5.97 Å². The third-order valence-corrected chi connectivity index (χ3v) is 6.42. The maximum absolute atomic E-state index is 12.4. The molecule has 1 fully saturated rings. The van der Waals surface area contributed by atoms with Crippen molar-refractivity contribution in [1.82, 2.24) is 4.72 Å². The van der Waals surface area contributed by atoms with Crippen molar-refractivity contribution < 1.29 is 18.3 Å². The SMILES string of the molecule is CC(NS(=O)(=O)c1ccc(I)c(C(=O)O)c1)C1CCCC1. The van der Waals surface area contributed by atoms with E-state index in [-0.39, 0.29) is 16.5 Å². The molecule has 7 heteroatoms. The second kappa shape index (κ2) is 6.62. The predicted octanol–water partition coefficient (Wildman–Crippen LogP) is 2.85. The van der Waals surface area contributed by atoms with Crippen LogP contribution in [-0.2, 0) is 10.0 Å². The number of hydrogen-bond donors (Lipinski definition) is 2. The summed E-state index contributed by atoms with van der Waals surface area (Å²) in [6, 6.07) is 4.04. The van der Waals surface area contributed by atoms with Gasteiger partial charge in [0, 0.05) is 9.61 Å². The average Bonchev–Trinajstić information content (AvgIpc) is 2.92. The minimum Gasteiger partial charge on any atom is -0.478 e. The minimum atomic E-state index is -3.69. The summed E-state index contributed by atoms with van der Waals surface area (Å²) in [5, 5.41) is 9.09. The quantitative estimate of drug-likeness (QED) is 0.714. The summed E-state index contributed by atoms with van der Waals surface area (Å²) in [7, 11) is -3.69. The Hall–Kier alpha value is -0.670. The number of carbonyl (C=O) groups is 1. The zero-order valence-electron chi connectivity index (χ0n) is 11.7. The molecule has 0 spiro atoms. The van der Waals surface area contributed by atoms with Crippen molar-refractivity contribution in [2.45, 2.75) is 43.5 Å². The molecule has 0 saturated heterocycles. The van der Waals surface area contributed by atoms with E-state index in [2.05, 4.69) is 4.72 Å². The zero-order chi connectivity index (χ0) is 15.6. The van der Waals surface area contributed by atoms with E-state index in [0.717, 1.165) is 25.7 Å². The molecule has 1 atom stereocenters. The van der Waals surface area contributed by atoms with Crippen LogP contribution in [0.2, 0.25) is 0 Å². The molecule has 0 heterocycles. The summed E-state index contributed by atoms with van der Waals surface area (Å²) in [6.45, 7) is 1.87. The number of nitrogens with one attached hydrogen (secondary N) is 1. The van der Waals surface area contributed by atoms with Gasteiger partial charge in [-0.1, -0.05) is 12.8 Å². The summed E-state index contributed by atoms with van der Waals surface area (Å²) in [4.78, 5) is 11.1. The normalized spacial score (nSPS) is 17.8. The predicted molar refractivity (Wildman–Crippen MR) is 87.9 cm³/mol. The van der Waals surface area contributed by atoms with Gasteiger partial charge in [-0.15, -0.1) is 0 Å². The Labute approximate surface area is 138 Å². The van der Waals surface area contributed by atoms with E-state index >= 15 is 0 Å². The monoisotopic (exact) mass is 423 g/mol. The van der Waals surface area contributed by atoms with Crippen LogP contribution >= 0.6 is 22.6 Å². The summed E-state index contributed by atoms with van der Waals surface area (Å²) in [5.74, 6) is -0.761. The van der Waals surface area contributed by atoms with Crippen LogP contribution in [0.3, 0.4) is 0 Å². The average molecular weight is 423 g/mol. The van der Waals surface area contributed by atoms with E-state index in [1.54, 1.807) is 0 Å². The van der Waals surface area contributed by atoms with Crippen molar-refractivity contribution in [3.05, 3.63) is 27.3 Å². The number of rotatable bonds is 5. The first-order valence-electron chi connectivity index (χ1n) is 6.86. The lowest BCUT2D eigenvalue weighted by Gasteiger charge is -2.20. The van der Waals surface area contributed by atoms with Crippen LogP contribution in [0.1, 0.15) is 43.0 Å². The number of carboxylic acids is 1. The van der Waals surface area contributed by atoms with Gasteiger partial charge in [0.15, 0.2) is 0 Å². The summed E-state index contributed by atoms with van der Waals surface area (Å²) < 4.78 is 28.0. The Morgan fingerprint density at radius 2 is 2.00 bits per heavy atom. The second-order valence-electron chi connectivity index (χ2n) is 5.40. The van der Waals surface area contributed by atoms with Crippen LogP contribution < -0.4 is 4.72 Å². The first-order chi connectivity index (χ1) is 9.81. The van der Waals surface area contributed by atoms with Crippen LogP contribution in [0.5, 0.6) is 0 Å². The van der Waals surface area contributed by atoms with Crippen molar-refractivity contribution in [2.24, 2.45) is 5.92 Å². The van der Waals surface area contributed by atoms with Gasteiger partial charge in [-0.05, 0) is 66.5 Å². The molecule has 116 valence electrons. The maximum atomic E-state index is 12.4. The molecule has 2 rings (SSSR count). The first-order valence-corrected chi connectivity index (χ1v) is 9.42. The Kier molecular flexibility index (Phi) is 5.26. The summed E-state index contributed by atoms with van der Waals surface area (Å²) >= 11 is 1.88. The van der Waals surface area contributed by atoms with Gasteiger partial charge in [-0.3, -0.25) is 0 Å². The number of halogens is 1. The highest BCUT2D eigenvalue weighted by atomic mass is 127. The topological polar surface area (TPSA) is 83.5 Å². The van der Waals surface area contributed by atoms with Crippen LogP contribution in [0.25, 0.3) is 0 Å². The molecule has 1 aliphatic carbocycles. The lowest BCUT2D eigenvalue weighted by Crippen LogP contribution is -2.37. The first kappa shape index (κ1) is 16.7. The molecule has 0 aromatic heterocycles.